The summed E-state index contributed by atoms with van der Waals surface area (Å²) in [5.74, 6) is 0.585. The van der Waals surface area contributed by atoms with Crippen LogP contribution in [0.3, 0.4) is 0 Å². The van der Waals surface area contributed by atoms with Gasteiger partial charge in [0.15, 0.2) is 10.6 Å². The monoisotopic (exact) mass is 487 g/mol. The minimum atomic E-state index is -0.229. The lowest BCUT2D eigenvalue weighted by Crippen LogP contribution is -2.41. The van der Waals surface area contributed by atoms with Crippen molar-refractivity contribution in [3.63, 3.8) is 0 Å². The molecule has 1 amide bonds. The van der Waals surface area contributed by atoms with E-state index < -0.39 is 0 Å². The van der Waals surface area contributed by atoms with Crippen LogP contribution < -0.4 is 5.32 Å². The van der Waals surface area contributed by atoms with Gasteiger partial charge in [0.25, 0.3) is 0 Å². The van der Waals surface area contributed by atoms with Gasteiger partial charge in [-0.2, -0.15) is 5.10 Å². The minimum absolute atomic E-state index is 0.0248. The van der Waals surface area contributed by atoms with E-state index in [1.165, 1.54) is 6.07 Å². The van der Waals surface area contributed by atoms with Crippen LogP contribution in [0.1, 0.15) is 18.4 Å². The number of rotatable bonds is 7. The first-order valence-corrected chi connectivity index (χ1v) is 11.8. The number of halogens is 2. The third kappa shape index (κ3) is 5.69. The van der Waals surface area contributed by atoms with Crippen LogP contribution in [0.2, 0.25) is 5.02 Å². The summed E-state index contributed by atoms with van der Waals surface area (Å²) in [4.78, 5) is 14.8. The third-order valence-electron chi connectivity index (χ3n) is 6.09. The second-order valence-corrected chi connectivity index (χ2v) is 9.14. The van der Waals surface area contributed by atoms with Crippen molar-refractivity contribution < 1.29 is 9.18 Å². The largest absolute Gasteiger partial charge is 0.356 e. The Kier molecular flexibility index (Phi) is 7.57. The zero-order valence-electron chi connectivity index (χ0n) is 18.5. The Bertz CT molecular complexity index is 1170. The van der Waals surface area contributed by atoms with Gasteiger partial charge in [-0.05, 0) is 67.4 Å². The van der Waals surface area contributed by atoms with E-state index in [0.29, 0.717) is 35.0 Å². The van der Waals surface area contributed by atoms with Crippen LogP contribution >= 0.6 is 23.8 Å². The van der Waals surface area contributed by atoms with E-state index >= 15 is 0 Å². The fraction of sp³-hybridized carbons (Fsp3) is 0.375. The highest BCUT2D eigenvalue weighted by Gasteiger charge is 2.25. The summed E-state index contributed by atoms with van der Waals surface area (Å²) in [6, 6.07) is 14.2. The molecule has 0 atom stereocenters. The molecule has 2 aromatic carbocycles. The molecule has 1 aromatic heterocycles. The van der Waals surface area contributed by atoms with Crippen molar-refractivity contribution in [1.82, 2.24) is 24.6 Å². The van der Waals surface area contributed by atoms with E-state index in [1.807, 2.05) is 46.6 Å². The Hall–Kier alpha value is -2.55. The first-order chi connectivity index (χ1) is 15.9. The van der Waals surface area contributed by atoms with Crippen molar-refractivity contribution in [3.05, 3.63) is 69.7 Å². The van der Waals surface area contributed by atoms with E-state index in [-0.39, 0.29) is 17.6 Å². The van der Waals surface area contributed by atoms with Crippen LogP contribution in [0.15, 0.2) is 48.5 Å². The second-order valence-electron chi connectivity index (χ2n) is 8.34. The Morgan fingerprint density at radius 2 is 1.88 bits per heavy atom. The number of carbonyl (C=O) groups excluding carboxylic acids is 1. The Labute approximate surface area is 203 Å². The van der Waals surface area contributed by atoms with Gasteiger partial charge in [-0.25, -0.2) is 9.07 Å². The molecule has 1 aliphatic heterocycles. The Morgan fingerprint density at radius 1 is 1.18 bits per heavy atom. The number of benzene rings is 2. The number of likely N-dealkylation sites (tertiary alicyclic amines) is 1. The summed E-state index contributed by atoms with van der Waals surface area (Å²) in [6.45, 7) is 2.61. The van der Waals surface area contributed by atoms with E-state index in [2.05, 4.69) is 10.2 Å². The molecule has 1 fully saturated rings. The maximum Gasteiger partial charge on any atom is 0.223 e. The molecule has 1 aliphatic rings. The topological polar surface area (TPSA) is 55.1 Å². The van der Waals surface area contributed by atoms with Crippen molar-refractivity contribution >= 4 is 29.7 Å². The molecular formula is C24H27ClFN5OS. The van der Waals surface area contributed by atoms with Gasteiger partial charge in [-0.3, -0.25) is 9.69 Å². The number of aromatic nitrogens is 3. The van der Waals surface area contributed by atoms with E-state index in [9.17, 15) is 9.18 Å². The highest BCUT2D eigenvalue weighted by atomic mass is 35.5. The molecule has 174 valence electrons. The number of amides is 1. The van der Waals surface area contributed by atoms with Gasteiger partial charge in [0.1, 0.15) is 5.82 Å². The number of nitrogens with one attached hydrogen (secondary N) is 1. The van der Waals surface area contributed by atoms with Crippen LogP contribution in [-0.4, -0.2) is 44.8 Å². The molecular weight excluding hydrogens is 461 g/mol. The molecule has 0 bridgehead atoms. The summed E-state index contributed by atoms with van der Waals surface area (Å²) in [7, 11) is 1.91. The zero-order chi connectivity index (χ0) is 23.4. The first-order valence-electron chi connectivity index (χ1n) is 11.1. The fourth-order valence-electron chi connectivity index (χ4n) is 4.12. The summed E-state index contributed by atoms with van der Waals surface area (Å²) in [6.07, 6.45) is 2.04. The second kappa shape index (κ2) is 10.6. The molecule has 1 N–H and O–H groups in total. The predicted octanol–water partition coefficient (Wildman–Crippen LogP) is 4.44. The summed E-state index contributed by atoms with van der Waals surface area (Å²) < 4.78 is 18.1. The fourth-order valence-corrected chi connectivity index (χ4v) is 4.43. The molecule has 9 heteroatoms. The van der Waals surface area contributed by atoms with Gasteiger partial charge in [0, 0.05) is 43.2 Å². The lowest BCUT2D eigenvalue weighted by molar-refractivity contribution is -0.126. The van der Waals surface area contributed by atoms with Crippen molar-refractivity contribution in [2.75, 3.05) is 19.6 Å². The number of piperidine rings is 1. The highest BCUT2D eigenvalue weighted by molar-refractivity contribution is 7.71. The molecule has 4 rings (SSSR count). The molecule has 0 unspecified atom stereocenters. The SMILES string of the molecule is Cn1c(-c2ccc(Cl)cc2)nn(CN2CCC(C(=O)NCCc3ccccc3F)CC2)c1=S. The highest BCUT2D eigenvalue weighted by Crippen LogP contribution is 2.22. The lowest BCUT2D eigenvalue weighted by atomic mass is 9.96. The van der Waals surface area contributed by atoms with Crippen LogP contribution in [0.4, 0.5) is 4.39 Å². The van der Waals surface area contributed by atoms with Gasteiger partial charge < -0.3 is 9.88 Å². The van der Waals surface area contributed by atoms with Crippen LogP contribution in [0.5, 0.6) is 0 Å². The minimum Gasteiger partial charge on any atom is -0.356 e. The van der Waals surface area contributed by atoms with Crippen LogP contribution in [0, 0.1) is 16.5 Å². The molecule has 2 heterocycles. The molecule has 0 radical (unpaired) electrons. The molecule has 0 aliphatic carbocycles. The summed E-state index contributed by atoms with van der Waals surface area (Å²) in [5.41, 5.74) is 1.58. The van der Waals surface area contributed by atoms with E-state index in [0.717, 1.165) is 37.3 Å². The third-order valence-corrected chi connectivity index (χ3v) is 6.82. The average molecular weight is 488 g/mol. The number of hydrogen-bond donors (Lipinski definition) is 1. The van der Waals surface area contributed by atoms with Crippen molar-refractivity contribution in [3.8, 4) is 11.4 Å². The van der Waals surface area contributed by atoms with Crippen molar-refractivity contribution in [2.24, 2.45) is 13.0 Å². The van der Waals surface area contributed by atoms with Gasteiger partial charge in [-0.15, -0.1) is 0 Å². The Balaban J connectivity index is 1.28. The maximum absolute atomic E-state index is 13.7. The summed E-state index contributed by atoms with van der Waals surface area (Å²) in [5, 5.41) is 8.36. The molecule has 1 saturated heterocycles. The Morgan fingerprint density at radius 3 is 2.58 bits per heavy atom. The standard InChI is InChI=1S/C24H27ClFN5OS/c1-29-22(18-6-8-20(25)9-7-18)28-31(24(29)33)16-30-14-11-19(12-15-30)23(32)27-13-10-17-4-2-3-5-21(17)26/h2-9,19H,10-16H2,1H3,(H,27,32). The molecule has 0 spiro atoms. The van der Waals surface area contributed by atoms with Crippen LogP contribution in [-0.2, 0) is 24.9 Å². The predicted molar refractivity (Wildman–Crippen MR) is 130 cm³/mol. The number of hydrogen-bond acceptors (Lipinski definition) is 4. The van der Waals surface area contributed by atoms with Crippen LogP contribution in [0.25, 0.3) is 11.4 Å². The zero-order valence-corrected chi connectivity index (χ0v) is 20.1. The number of nitrogens with zero attached hydrogens (tertiary/aromatic N) is 4. The quantitative estimate of drug-likeness (QED) is 0.501. The smallest absolute Gasteiger partial charge is 0.223 e. The van der Waals surface area contributed by atoms with E-state index in [4.69, 9.17) is 28.9 Å². The molecule has 3 aromatic rings. The average Bonchev–Trinajstić information content (AvgIpc) is 3.10. The molecule has 0 saturated carbocycles. The van der Waals surface area contributed by atoms with Crippen molar-refractivity contribution in [1.29, 1.82) is 0 Å². The van der Waals surface area contributed by atoms with E-state index in [1.54, 1.807) is 12.1 Å². The van der Waals surface area contributed by atoms with Gasteiger partial charge in [0.05, 0.1) is 6.67 Å². The normalized spacial score (nSPS) is 15.0. The lowest BCUT2D eigenvalue weighted by Gasteiger charge is -2.30. The first kappa shape index (κ1) is 23.6. The molecule has 33 heavy (non-hydrogen) atoms. The van der Waals surface area contributed by atoms with Gasteiger partial charge >= 0.3 is 0 Å². The van der Waals surface area contributed by atoms with Gasteiger partial charge in [0.2, 0.25) is 5.91 Å². The maximum atomic E-state index is 13.7. The summed E-state index contributed by atoms with van der Waals surface area (Å²) >= 11 is 11.6. The molecule has 6 nitrogen and oxygen atoms in total. The van der Waals surface area contributed by atoms with Gasteiger partial charge in [-0.1, -0.05) is 29.8 Å². The van der Waals surface area contributed by atoms with Crippen molar-refractivity contribution in [2.45, 2.75) is 25.9 Å². The number of carbonyl (C=O) groups is 1.